The molecule has 4 rings (SSSR count). The highest BCUT2D eigenvalue weighted by Gasteiger charge is 2.26. The lowest BCUT2D eigenvalue weighted by atomic mass is 10.0. The first-order valence-electron chi connectivity index (χ1n) is 15.7. The number of hydrogen-bond acceptors (Lipinski definition) is 6. The molecule has 7 nitrogen and oxygen atoms in total. The average Bonchev–Trinajstić information content (AvgIpc) is 3.08. The Morgan fingerprint density at radius 2 is 1.42 bits per heavy atom. The number of nitrogens with zero attached hydrogens (tertiary/aromatic N) is 3. The van der Waals surface area contributed by atoms with Crippen molar-refractivity contribution in [1.82, 2.24) is 9.80 Å². The van der Waals surface area contributed by atoms with Gasteiger partial charge in [0.05, 0.1) is 25.5 Å². The second kappa shape index (κ2) is 20.9. The lowest BCUT2D eigenvalue weighted by molar-refractivity contribution is 0.0782. The number of carbonyl (C=O) groups excluding carboxylic acids is 2. The zero-order chi connectivity index (χ0) is 33.9. The summed E-state index contributed by atoms with van der Waals surface area (Å²) in [6.45, 7) is 14.9. The van der Waals surface area contributed by atoms with Crippen molar-refractivity contribution in [3.05, 3.63) is 88.5 Å². The Kier molecular flexibility index (Phi) is 18.1. The predicted octanol–water partition coefficient (Wildman–Crippen LogP) is 7.86. The number of amides is 1. The summed E-state index contributed by atoms with van der Waals surface area (Å²) >= 11 is 0. The second-order valence-corrected chi connectivity index (χ2v) is 9.88. The number of carbonyl (C=O) groups is 2. The molecule has 1 heterocycles. The number of ether oxygens (including phenoxy) is 2. The van der Waals surface area contributed by atoms with Gasteiger partial charge in [-0.05, 0) is 35.9 Å². The number of rotatable bonds is 9. The van der Waals surface area contributed by atoms with Crippen LogP contribution in [-0.2, 0) is 13.1 Å². The molecule has 248 valence electrons. The summed E-state index contributed by atoms with van der Waals surface area (Å²) in [5, 5.41) is 0. The average molecular weight is 628 g/mol. The third-order valence-corrected chi connectivity index (χ3v) is 6.79. The minimum Gasteiger partial charge on any atom is -0.493 e. The molecular formula is C36H51F2N3O4. The molecule has 1 fully saturated rings. The van der Waals surface area contributed by atoms with E-state index in [0.29, 0.717) is 67.3 Å². The van der Waals surface area contributed by atoms with E-state index in [9.17, 15) is 18.4 Å². The smallest absolute Gasteiger partial charge is 0.256 e. The molecule has 0 unspecified atom stereocenters. The van der Waals surface area contributed by atoms with E-state index in [1.807, 2.05) is 55.7 Å². The van der Waals surface area contributed by atoms with E-state index in [-0.39, 0.29) is 18.0 Å². The molecule has 0 saturated carbocycles. The molecule has 1 aliphatic rings. The van der Waals surface area contributed by atoms with E-state index in [2.05, 4.69) is 13.8 Å². The standard InChI is InChI=1S/C29H31F2N3O4.C3H8.2C2H6/c1-32(17-20-10-11-26(37-2)27(16-20)38-3)29(36)28-21(19-35)6-4-9-25(28)34-14-12-33(13-15-34)18-22-23(30)7-5-8-24(22)31;1-3-2;2*1-2/h4-11,16,19H,12-15,17-18H2,1-3H3;3H2,1-2H3;2*1-2H3. The van der Waals surface area contributed by atoms with Crippen LogP contribution in [0.1, 0.15) is 79.8 Å². The molecule has 0 spiro atoms. The van der Waals surface area contributed by atoms with Crippen LogP contribution in [0.15, 0.2) is 54.6 Å². The fraction of sp³-hybridized carbons (Fsp3) is 0.444. The fourth-order valence-corrected chi connectivity index (χ4v) is 4.72. The molecule has 1 aliphatic heterocycles. The Bertz CT molecular complexity index is 1310. The van der Waals surface area contributed by atoms with Gasteiger partial charge < -0.3 is 19.3 Å². The Balaban J connectivity index is 0.00000134. The zero-order valence-corrected chi connectivity index (χ0v) is 28.5. The summed E-state index contributed by atoms with van der Waals surface area (Å²) < 4.78 is 38.9. The minimum atomic E-state index is -0.559. The van der Waals surface area contributed by atoms with Crippen LogP contribution in [0.2, 0.25) is 0 Å². The van der Waals surface area contributed by atoms with Gasteiger partial charge in [0.1, 0.15) is 11.6 Å². The zero-order valence-electron chi connectivity index (χ0n) is 28.5. The molecule has 3 aromatic rings. The van der Waals surface area contributed by atoms with E-state index in [1.165, 1.54) is 24.6 Å². The number of anilines is 1. The fourth-order valence-electron chi connectivity index (χ4n) is 4.72. The number of benzene rings is 3. The topological polar surface area (TPSA) is 62.3 Å². The Labute approximate surface area is 268 Å². The molecule has 1 saturated heterocycles. The normalized spacial score (nSPS) is 12.3. The summed E-state index contributed by atoms with van der Waals surface area (Å²) in [4.78, 5) is 31.1. The van der Waals surface area contributed by atoms with Crippen molar-refractivity contribution in [1.29, 1.82) is 0 Å². The van der Waals surface area contributed by atoms with Crippen molar-refractivity contribution in [2.24, 2.45) is 0 Å². The van der Waals surface area contributed by atoms with E-state index in [1.54, 1.807) is 44.4 Å². The number of piperazine rings is 1. The summed E-state index contributed by atoms with van der Waals surface area (Å²) in [7, 11) is 4.80. The third-order valence-electron chi connectivity index (χ3n) is 6.79. The van der Waals surface area contributed by atoms with Crippen molar-refractivity contribution >= 4 is 17.9 Å². The van der Waals surface area contributed by atoms with Gasteiger partial charge in [-0.25, -0.2) is 8.78 Å². The van der Waals surface area contributed by atoms with Crippen molar-refractivity contribution in [2.75, 3.05) is 52.3 Å². The molecule has 0 radical (unpaired) electrons. The van der Waals surface area contributed by atoms with Crippen LogP contribution in [-0.4, -0.2) is 69.4 Å². The van der Waals surface area contributed by atoms with Gasteiger partial charge in [-0.3, -0.25) is 14.5 Å². The quantitative estimate of drug-likeness (QED) is 0.225. The van der Waals surface area contributed by atoms with Crippen LogP contribution in [0, 0.1) is 11.6 Å². The molecule has 0 aliphatic carbocycles. The van der Waals surface area contributed by atoms with Crippen molar-refractivity contribution in [2.45, 2.75) is 61.1 Å². The highest BCUT2D eigenvalue weighted by Crippen LogP contribution is 2.30. The first-order chi connectivity index (χ1) is 21.8. The molecule has 9 heteroatoms. The highest BCUT2D eigenvalue weighted by molar-refractivity contribution is 6.06. The lowest BCUT2D eigenvalue weighted by Gasteiger charge is -2.37. The number of halogens is 2. The number of methoxy groups -OCH3 is 2. The van der Waals surface area contributed by atoms with Crippen LogP contribution in [0.5, 0.6) is 11.5 Å². The Morgan fingerprint density at radius 1 is 0.867 bits per heavy atom. The SMILES string of the molecule is CC.CC.CCC.COc1ccc(CN(C)C(=O)c2c(C=O)cccc2N2CCN(Cc3c(F)cccc3F)CC2)cc1OC. The number of aldehydes is 1. The maximum Gasteiger partial charge on any atom is 0.256 e. The highest BCUT2D eigenvalue weighted by atomic mass is 19.1. The monoisotopic (exact) mass is 627 g/mol. The van der Waals surface area contributed by atoms with E-state index < -0.39 is 11.6 Å². The van der Waals surface area contributed by atoms with Crippen LogP contribution < -0.4 is 14.4 Å². The molecule has 3 aromatic carbocycles. The predicted molar refractivity (Wildman–Crippen MR) is 180 cm³/mol. The number of hydrogen-bond donors (Lipinski definition) is 0. The second-order valence-electron chi connectivity index (χ2n) is 9.88. The van der Waals surface area contributed by atoms with Gasteiger partial charge in [0, 0.05) is 57.4 Å². The summed E-state index contributed by atoms with van der Waals surface area (Å²) in [6.07, 6.45) is 1.94. The first kappa shape index (κ1) is 39.0. The molecule has 0 N–H and O–H groups in total. The van der Waals surface area contributed by atoms with Gasteiger partial charge in [-0.1, -0.05) is 72.2 Å². The van der Waals surface area contributed by atoms with Crippen LogP contribution in [0.4, 0.5) is 14.5 Å². The van der Waals surface area contributed by atoms with E-state index in [4.69, 9.17) is 9.47 Å². The Hall–Kier alpha value is -3.98. The van der Waals surface area contributed by atoms with Gasteiger partial charge in [-0.2, -0.15) is 0 Å². The summed E-state index contributed by atoms with van der Waals surface area (Å²) in [5.41, 5.74) is 2.20. The summed E-state index contributed by atoms with van der Waals surface area (Å²) in [5.74, 6) is -0.245. The molecule has 0 atom stereocenters. The van der Waals surface area contributed by atoms with Crippen LogP contribution in [0.3, 0.4) is 0 Å². The van der Waals surface area contributed by atoms with Crippen molar-refractivity contribution < 1.29 is 27.8 Å². The maximum absolute atomic E-state index is 14.1. The Morgan fingerprint density at radius 3 is 1.96 bits per heavy atom. The van der Waals surface area contributed by atoms with E-state index in [0.717, 1.165) is 5.56 Å². The van der Waals surface area contributed by atoms with Gasteiger partial charge in [0.25, 0.3) is 5.91 Å². The molecule has 1 amide bonds. The molecular weight excluding hydrogens is 576 g/mol. The van der Waals surface area contributed by atoms with Crippen LogP contribution in [0.25, 0.3) is 0 Å². The molecule has 45 heavy (non-hydrogen) atoms. The van der Waals surface area contributed by atoms with E-state index >= 15 is 0 Å². The van der Waals surface area contributed by atoms with Gasteiger partial charge in [-0.15, -0.1) is 0 Å². The van der Waals surface area contributed by atoms with Crippen molar-refractivity contribution in [3.63, 3.8) is 0 Å². The molecule has 0 bridgehead atoms. The van der Waals surface area contributed by atoms with Gasteiger partial charge in [0.2, 0.25) is 0 Å². The minimum absolute atomic E-state index is 0.0524. The van der Waals surface area contributed by atoms with Gasteiger partial charge >= 0.3 is 0 Å². The lowest BCUT2D eigenvalue weighted by Crippen LogP contribution is -2.47. The summed E-state index contributed by atoms with van der Waals surface area (Å²) in [6, 6.07) is 14.5. The maximum atomic E-state index is 14.1. The molecule has 0 aromatic heterocycles. The van der Waals surface area contributed by atoms with Gasteiger partial charge in [0.15, 0.2) is 17.8 Å². The largest absolute Gasteiger partial charge is 0.493 e. The van der Waals surface area contributed by atoms with Crippen LogP contribution >= 0.6 is 0 Å². The third kappa shape index (κ3) is 10.8. The first-order valence-corrected chi connectivity index (χ1v) is 15.7. The van der Waals surface area contributed by atoms with Crippen molar-refractivity contribution in [3.8, 4) is 11.5 Å².